The van der Waals surface area contributed by atoms with Crippen LogP contribution in [0.1, 0.15) is 24.3 Å². The molecule has 7 nitrogen and oxygen atoms in total. The Bertz CT molecular complexity index is 404. The summed E-state index contributed by atoms with van der Waals surface area (Å²) in [7, 11) is -3.58. The van der Waals surface area contributed by atoms with Gasteiger partial charge in [-0.25, -0.2) is 4.79 Å². The largest absolute Gasteiger partial charge is 0.476 e. The molecular weight excluding hydrogens is 237 g/mol. The zero-order chi connectivity index (χ0) is 12.2. The van der Waals surface area contributed by atoms with Crippen molar-refractivity contribution in [3.05, 3.63) is 11.8 Å². The second-order valence-corrected chi connectivity index (χ2v) is 4.64. The fourth-order valence-electron chi connectivity index (χ4n) is 1.000. The number of rotatable bonds is 6. The number of aromatic nitrogens is 1. The molecule has 1 rings (SSSR count). The predicted molar refractivity (Wildman–Crippen MR) is 54.0 cm³/mol. The van der Waals surface area contributed by atoms with Gasteiger partial charge in [-0.3, -0.25) is 4.57 Å². The van der Waals surface area contributed by atoms with Crippen molar-refractivity contribution in [1.29, 1.82) is 0 Å². The monoisotopic (exact) mass is 249 g/mol. The molecule has 0 amide bonds. The molecule has 1 N–H and O–H groups in total. The molecule has 1 aromatic rings. The zero-order valence-corrected chi connectivity index (χ0v) is 9.77. The third kappa shape index (κ3) is 2.69. The molecule has 0 bridgehead atoms. The van der Waals surface area contributed by atoms with Gasteiger partial charge in [-0.2, -0.15) is 0 Å². The van der Waals surface area contributed by atoms with Gasteiger partial charge in [-0.05, 0) is 13.8 Å². The lowest BCUT2D eigenvalue weighted by atomic mass is 10.5. The molecular formula is C8H12NO6P. The fourth-order valence-corrected chi connectivity index (χ4v) is 2.43. The van der Waals surface area contributed by atoms with Crippen LogP contribution in [0.25, 0.3) is 0 Å². The molecule has 16 heavy (non-hydrogen) atoms. The van der Waals surface area contributed by atoms with Crippen molar-refractivity contribution in [2.24, 2.45) is 0 Å². The summed E-state index contributed by atoms with van der Waals surface area (Å²) in [6.07, 6.45) is 0. The molecule has 0 aliphatic heterocycles. The van der Waals surface area contributed by atoms with Gasteiger partial charge in [0.15, 0.2) is 5.69 Å². The van der Waals surface area contributed by atoms with Gasteiger partial charge in [0, 0.05) is 6.07 Å². The Hall–Kier alpha value is -1.17. The third-order valence-corrected chi connectivity index (χ3v) is 3.53. The molecule has 8 heteroatoms. The summed E-state index contributed by atoms with van der Waals surface area (Å²) in [5.41, 5.74) is -0.539. The van der Waals surface area contributed by atoms with Crippen molar-refractivity contribution in [3.8, 4) is 0 Å². The molecule has 0 aliphatic rings. The van der Waals surface area contributed by atoms with Crippen LogP contribution in [0.5, 0.6) is 0 Å². The maximum atomic E-state index is 12.1. The number of hydrogen-bond donors (Lipinski definition) is 1. The Morgan fingerprint density at radius 1 is 1.50 bits per heavy atom. The highest BCUT2D eigenvalue weighted by molar-refractivity contribution is 7.61. The molecule has 0 saturated carbocycles. The van der Waals surface area contributed by atoms with Crippen LogP contribution in [0.15, 0.2) is 10.6 Å². The van der Waals surface area contributed by atoms with Gasteiger partial charge in [0.25, 0.3) is 0 Å². The zero-order valence-electron chi connectivity index (χ0n) is 8.87. The van der Waals surface area contributed by atoms with E-state index in [1.165, 1.54) is 0 Å². The third-order valence-electron chi connectivity index (χ3n) is 1.58. The van der Waals surface area contributed by atoms with Crippen molar-refractivity contribution in [2.75, 3.05) is 13.2 Å². The summed E-state index contributed by atoms with van der Waals surface area (Å²) in [5, 5.41) is 11.9. The van der Waals surface area contributed by atoms with Crippen LogP contribution < -0.4 is 5.50 Å². The molecule has 1 aromatic heterocycles. The Morgan fingerprint density at radius 3 is 2.44 bits per heavy atom. The number of carboxylic acids is 1. The van der Waals surface area contributed by atoms with E-state index in [1.54, 1.807) is 13.8 Å². The Kier molecular flexibility index (Phi) is 4.23. The summed E-state index contributed by atoms with van der Waals surface area (Å²) >= 11 is 0. The minimum atomic E-state index is -3.58. The first-order valence-corrected chi connectivity index (χ1v) is 6.17. The van der Waals surface area contributed by atoms with E-state index in [4.69, 9.17) is 14.2 Å². The van der Waals surface area contributed by atoms with Crippen molar-refractivity contribution < 1.29 is 28.0 Å². The Balaban J connectivity index is 3.01. The summed E-state index contributed by atoms with van der Waals surface area (Å²) in [5.74, 6) is -1.27. The van der Waals surface area contributed by atoms with Gasteiger partial charge in [-0.1, -0.05) is 5.16 Å². The van der Waals surface area contributed by atoms with Gasteiger partial charge in [0.1, 0.15) is 0 Å². The predicted octanol–water partition coefficient (Wildman–Crippen LogP) is 1.26. The maximum Gasteiger partial charge on any atom is 0.399 e. The van der Waals surface area contributed by atoms with Gasteiger partial charge in [0.05, 0.1) is 13.2 Å². The lowest BCUT2D eigenvalue weighted by molar-refractivity contribution is 0.0685. The second-order valence-electron chi connectivity index (χ2n) is 2.69. The molecule has 0 fully saturated rings. The second kappa shape index (κ2) is 5.25. The summed E-state index contributed by atoms with van der Waals surface area (Å²) in [6.45, 7) is 3.58. The van der Waals surface area contributed by atoms with E-state index in [1.807, 2.05) is 0 Å². The van der Waals surface area contributed by atoms with Crippen LogP contribution in [-0.4, -0.2) is 29.4 Å². The number of carboxylic acid groups (broad SMARTS) is 1. The summed E-state index contributed by atoms with van der Waals surface area (Å²) in [4.78, 5) is 10.6. The van der Waals surface area contributed by atoms with E-state index in [9.17, 15) is 9.36 Å². The minimum absolute atomic E-state index is 0.153. The lowest BCUT2D eigenvalue weighted by Gasteiger charge is -2.12. The molecule has 0 atom stereocenters. The highest BCUT2D eigenvalue weighted by Gasteiger charge is 2.32. The molecule has 0 spiro atoms. The smallest absolute Gasteiger partial charge is 0.399 e. The summed E-state index contributed by atoms with van der Waals surface area (Å²) in [6, 6.07) is 1.04. The molecule has 0 radical (unpaired) electrons. The van der Waals surface area contributed by atoms with E-state index in [-0.39, 0.29) is 24.4 Å². The van der Waals surface area contributed by atoms with E-state index < -0.39 is 13.6 Å². The first kappa shape index (κ1) is 12.9. The average Bonchev–Trinajstić information content (AvgIpc) is 2.67. The van der Waals surface area contributed by atoms with Gasteiger partial charge in [0.2, 0.25) is 5.50 Å². The van der Waals surface area contributed by atoms with E-state index in [0.29, 0.717) is 0 Å². The van der Waals surface area contributed by atoms with Crippen LogP contribution in [0.4, 0.5) is 0 Å². The fraction of sp³-hybridized carbons (Fsp3) is 0.500. The molecule has 0 aliphatic carbocycles. The van der Waals surface area contributed by atoms with Crippen LogP contribution in [0.2, 0.25) is 0 Å². The van der Waals surface area contributed by atoms with Crippen molar-refractivity contribution in [3.63, 3.8) is 0 Å². The highest BCUT2D eigenvalue weighted by atomic mass is 31.2. The number of hydrogen-bond acceptors (Lipinski definition) is 6. The van der Waals surface area contributed by atoms with Gasteiger partial charge >= 0.3 is 13.6 Å². The van der Waals surface area contributed by atoms with Crippen molar-refractivity contribution in [2.45, 2.75) is 13.8 Å². The summed E-state index contributed by atoms with van der Waals surface area (Å²) < 4.78 is 26.6. The standard InChI is InChI=1S/C8H12NO6P/c1-3-13-16(12,14-4-2)7-5-6(8(10)11)9-15-7/h5H,3-4H2,1-2H3,(H,10,11). The van der Waals surface area contributed by atoms with E-state index in [0.717, 1.165) is 6.07 Å². The normalized spacial score (nSPS) is 11.6. The van der Waals surface area contributed by atoms with E-state index in [2.05, 4.69) is 9.68 Å². The lowest BCUT2D eigenvalue weighted by Crippen LogP contribution is -2.08. The topological polar surface area (TPSA) is 98.9 Å². The maximum absolute atomic E-state index is 12.1. The first-order chi connectivity index (χ1) is 7.53. The molecule has 0 unspecified atom stereocenters. The SMILES string of the molecule is CCOP(=O)(OCC)c1cc(C(=O)O)no1. The van der Waals surface area contributed by atoms with Crippen LogP contribution >= 0.6 is 7.60 Å². The van der Waals surface area contributed by atoms with Crippen molar-refractivity contribution in [1.82, 2.24) is 5.16 Å². The van der Waals surface area contributed by atoms with E-state index >= 15 is 0 Å². The van der Waals surface area contributed by atoms with Crippen molar-refractivity contribution >= 4 is 19.1 Å². The average molecular weight is 249 g/mol. The minimum Gasteiger partial charge on any atom is -0.476 e. The number of nitrogens with zero attached hydrogens (tertiary/aromatic N) is 1. The Morgan fingerprint density at radius 2 is 2.06 bits per heavy atom. The highest BCUT2D eigenvalue weighted by Crippen LogP contribution is 2.46. The molecule has 0 aromatic carbocycles. The quantitative estimate of drug-likeness (QED) is 0.757. The first-order valence-electron chi connectivity index (χ1n) is 4.63. The van der Waals surface area contributed by atoms with Crippen LogP contribution in [0, 0.1) is 0 Å². The Labute approximate surface area is 91.9 Å². The van der Waals surface area contributed by atoms with Crippen LogP contribution in [-0.2, 0) is 13.6 Å². The van der Waals surface area contributed by atoms with Crippen LogP contribution in [0.3, 0.4) is 0 Å². The molecule has 1 heterocycles. The van der Waals surface area contributed by atoms with Gasteiger partial charge < -0.3 is 18.7 Å². The molecule has 0 saturated heterocycles. The number of aromatic carboxylic acids is 1. The van der Waals surface area contributed by atoms with Gasteiger partial charge in [-0.15, -0.1) is 0 Å². The molecule has 90 valence electrons. The number of carbonyl (C=O) groups is 1.